The first-order valence-electron chi connectivity index (χ1n) is 8.13. The van der Waals surface area contributed by atoms with Crippen molar-refractivity contribution >= 4 is 34.6 Å². The van der Waals surface area contributed by atoms with Crippen molar-refractivity contribution in [2.75, 3.05) is 23.8 Å². The van der Waals surface area contributed by atoms with Crippen LogP contribution in [0.15, 0.2) is 42.5 Å². The number of benzene rings is 2. The summed E-state index contributed by atoms with van der Waals surface area (Å²) in [6.45, 7) is 6.59. The van der Waals surface area contributed by atoms with E-state index in [0.717, 1.165) is 28.3 Å². The number of thiocarbonyl (C=S) groups is 1. The predicted octanol–water partition coefficient (Wildman–Crippen LogP) is 3.63. The van der Waals surface area contributed by atoms with Crippen LogP contribution in [0.1, 0.15) is 18.1 Å². The fraction of sp³-hybridized carbons (Fsp3) is 0.263. The fourth-order valence-electron chi connectivity index (χ4n) is 2.33. The third kappa shape index (κ3) is 5.76. The van der Waals surface area contributed by atoms with Gasteiger partial charge in [-0.15, -0.1) is 0 Å². The van der Waals surface area contributed by atoms with E-state index in [1.165, 1.54) is 0 Å². The Morgan fingerprint density at radius 2 is 1.68 bits per heavy atom. The van der Waals surface area contributed by atoms with Crippen molar-refractivity contribution in [3.05, 3.63) is 53.6 Å². The fourth-order valence-corrected chi connectivity index (χ4v) is 2.52. The number of rotatable bonds is 6. The first-order valence-corrected chi connectivity index (χ1v) is 8.54. The second-order valence-corrected chi connectivity index (χ2v) is 5.99. The Kier molecular flexibility index (Phi) is 6.77. The van der Waals surface area contributed by atoms with E-state index in [0.29, 0.717) is 11.7 Å². The van der Waals surface area contributed by atoms with Crippen LogP contribution >= 0.6 is 12.2 Å². The number of hydrogen-bond acceptors (Lipinski definition) is 3. The molecule has 0 spiro atoms. The number of aryl methyl sites for hydroxylation is 2. The van der Waals surface area contributed by atoms with Crippen molar-refractivity contribution < 1.29 is 9.53 Å². The lowest BCUT2D eigenvalue weighted by atomic mass is 10.1. The molecule has 0 heterocycles. The Hall–Kier alpha value is -2.60. The zero-order valence-electron chi connectivity index (χ0n) is 14.7. The highest BCUT2D eigenvalue weighted by Gasteiger charge is 2.08. The minimum Gasteiger partial charge on any atom is -0.494 e. The van der Waals surface area contributed by atoms with Crippen LogP contribution in [0.25, 0.3) is 0 Å². The zero-order chi connectivity index (χ0) is 18.2. The van der Waals surface area contributed by atoms with Crippen molar-refractivity contribution in [3.8, 4) is 5.75 Å². The number of para-hydroxylation sites is 1. The summed E-state index contributed by atoms with van der Waals surface area (Å²) in [6.07, 6.45) is 0. The molecule has 2 rings (SSSR count). The molecule has 0 atom stereocenters. The summed E-state index contributed by atoms with van der Waals surface area (Å²) < 4.78 is 5.39. The normalized spacial score (nSPS) is 10.0. The van der Waals surface area contributed by atoms with Crippen LogP contribution in [0.2, 0.25) is 0 Å². The second-order valence-electron chi connectivity index (χ2n) is 5.58. The molecule has 0 aliphatic carbocycles. The van der Waals surface area contributed by atoms with Crippen molar-refractivity contribution in [2.24, 2.45) is 0 Å². The van der Waals surface area contributed by atoms with Gasteiger partial charge in [-0.05, 0) is 68.4 Å². The van der Waals surface area contributed by atoms with Gasteiger partial charge in [-0.2, -0.15) is 0 Å². The molecule has 0 aromatic heterocycles. The lowest BCUT2D eigenvalue weighted by Gasteiger charge is -2.13. The molecular formula is C19H23N3O2S. The molecule has 0 radical (unpaired) electrons. The molecule has 6 heteroatoms. The van der Waals surface area contributed by atoms with Crippen LogP contribution in [-0.2, 0) is 4.79 Å². The molecule has 2 aromatic rings. The quantitative estimate of drug-likeness (QED) is 0.689. The average molecular weight is 357 g/mol. The van der Waals surface area contributed by atoms with E-state index in [4.69, 9.17) is 17.0 Å². The van der Waals surface area contributed by atoms with Crippen molar-refractivity contribution in [3.63, 3.8) is 0 Å². The van der Waals surface area contributed by atoms with Crippen LogP contribution < -0.4 is 20.7 Å². The van der Waals surface area contributed by atoms with E-state index in [1.54, 1.807) is 0 Å². The van der Waals surface area contributed by atoms with Gasteiger partial charge in [0.2, 0.25) is 5.91 Å². The lowest BCUT2D eigenvalue weighted by Crippen LogP contribution is -2.35. The van der Waals surface area contributed by atoms with Gasteiger partial charge in [-0.3, -0.25) is 4.79 Å². The SMILES string of the molecule is CCOc1ccc(NC(=S)NCC(=O)Nc2c(C)cccc2C)cc1. The first kappa shape index (κ1) is 18.7. The van der Waals surface area contributed by atoms with Gasteiger partial charge in [0.05, 0.1) is 13.2 Å². The first-order chi connectivity index (χ1) is 12.0. The number of ether oxygens (including phenoxy) is 1. The molecule has 0 saturated heterocycles. The average Bonchev–Trinajstić information content (AvgIpc) is 2.58. The Labute approximate surface area is 153 Å². The molecule has 0 fully saturated rings. The third-order valence-corrected chi connectivity index (χ3v) is 3.82. The van der Waals surface area contributed by atoms with E-state index in [2.05, 4.69) is 16.0 Å². The Bertz CT molecular complexity index is 725. The summed E-state index contributed by atoms with van der Waals surface area (Å²) >= 11 is 5.22. The maximum Gasteiger partial charge on any atom is 0.243 e. The van der Waals surface area contributed by atoms with Gasteiger partial charge in [0.15, 0.2) is 5.11 Å². The monoisotopic (exact) mass is 357 g/mol. The van der Waals surface area contributed by atoms with E-state index >= 15 is 0 Å². The molecule has 3 N–H and O–H groups in total. The van der Waals surface area contributed by atoms with Gasteiger partial charge in [-0.1, -0.05) is 18.2 Å². The van der Waals surface area contributed by atoms with E-state index in [-0.39, 0.29) is 12.5 Å². The molecular weight excluding hydrogens is 334 g/mol. The summed E-state index contributed by atoms with van der Waals surface area (Å²) in [5.74, 6) is 0.660. The van der Waals surface area contributed by atoms with Crippen LogP contribution in [0.3, 0.4) is 0 Å². The van der Waals surface area contributed by atoms with Crippen LogP contribution in [0, 0.1) is 13.8 Å². The summed E-state index contributed by atoms with van der Waals surface area (Å²) in [7, 11) is 0. The largest absolute Gasteiger partial charge is 0.494 e. The Morgan fingerprint density at radius 1 is 1.04 bits per heavy atom. The van der Waals surface area contributed by atoms with Crippen LogP contribution in [0.5, 0.6) is 5.75 Å². The molecule has 132 valence electrons. The van der Waals surface area contributed by atoms with Crippen LogP contribution in [0.4, 0.5) is 11.4 Å². The maximum absolute atomic E-state index is 12.1. The lowest BCUT2D eigenvalue weighted by molar-refractivity contribution is -0.115. The smallest absolute Gasteiger partial charge is 0.243 e. The highest BCUT2D eigenvalue weighted by Crippen LogP contribution is 2.19. The predicted molar refractivity (Wildman–Crippen MR) is 106 cm³/mol. The number of carbonyl (C=O) groups is 1. The summed E-state index contributed by atoms with van der Waals surface area (Å²) in [5, 5.41) is 9.25. The summed E-state index contributed by atoms with van der Waals surface area (Å²) in [4.78, 5) is 12.1. The topological polar surface area (TPSA) is 62.4 Å². The Morgan fingerprint density at radius 3 is 2.28 bits per heavy atom. The Balaban J connectivity index is 1.82. The third-order valence-electron chi connectivity index (χ3n) is 3.58. The van der Waals surface area contributed by atoms with E-state index in [1.807, 2.05) is 63.2 Å². The summed E-state index contributed by atoms with van der Waals surface area (Å²) in [5.41, 5.74) is 3.74. The zero-order valence-corrected chi connectivity index (χ0v) is 15.5. The number of carbonyl (C=O) groups excluding carboxylic acids is 1. The molecule has 25 heavy (non-hydrogen) atoms. The molecule has 0 aliphatic rings. The van der Waals surface area contributed by atoms with Crippen molar-refractivity contribution in [1.82, 2.24) is 5.32 Å². The van der Waals surface area contributed by atoms with Gasteiger partial charge in [-0.25, -0.2) is 0 Å². The number of nitrogens with one attached hydrogen (secondary N) is 3. The second kappa shape index (κ2) is 9.03. The molecule has 5 nitrogen and oxygen atoms in total. The van der Waals surface area contributed by atoms with Crippen molar-refractivity contribution in [2.45, 2.75) is 20.8 Å². The highest BCUT2D eigenvalue weighted by molar-refractivity contribution is 7.80. The molecule has 0 saturated carbocycles. The molecule has 0 aliphatic heterocycles. The van der Waals surface area contributed by atoms with Gasteiger partial charge in [0.1, 0.15) is 5.75 Å². The van der Waals surface area contributed by atoms with E-state index < -0.39 is 0 Å². The standard InChI is InChI=1S/C19H23N3O2S/c1-4-24-16-10-8-15(9-11-16)21-19(25)20-12-17(23)22-18-13(2)6-5-7-14(18)3/h5-11H,4,12H2,1-3H3,(H,22,23)(H2,20,21,25). The highest BCUT2D eigenvalue weighted by atomic mass is 32.1. The van der Waals surface area contributed by atoms with E-state index in [9.17, 15) is 4.79 Å². The minimum absolute atomic E-state index is 0.0939. The minimum atomic E-state index is -0.145. The molecule has 0 unspecified atom stereocenters. The molecule has 2 aromatic carbocycles. The van der Waals surface area contributed by atoms with Gasteiger partial charge in [0, 0.05) is 11.4 Å². The number of anilines is 2. The maximum atomic E-state index is 12.1. The van der Waals surface area contributed by atoms with Gasteiger partial charge in [0.25, 0.3) is 0 Å². The van der Waals surface area contributed by atoms with Crippen LogP contribution in [-0.4, -0.2) is 24.2 Å². The number of amides is 1. The van der Waals surface area contributed by atoms with Gasteiger partial charge < -0.3 is 20.7 Å². The van der Waals surface area contributed by atoms with Crippen molar-refractivity contribution in [1.29, 1.82) is 0 Å². The summed E-state index contributed by atoms with van der Waals surface area (Å²) in [6, 6.07) is 13.4. The number of hydrogen-bond donors (Lipinski definition) is 3. The molecule has 1 amide bonds. The van der Waals surface area contributed by atoms with Gasteiger partial charge >= 0.3 is 0 Å². The molecule has 0 bridgehead atoms.